The zero-order valence-corrected chi connectivity index (χ0v) is 25.9. The number of nitrogens with one attached hydrogen (secondary N) is 1. The van der Waals surface area contributed by atoms with E-state index in [2.05, 4.69) is 85.2 Å². The number of carboxylic acids is 1. The van der Waals surface area contributed by atoms with Gasteiger partial charge in [0.25, 0.3) is 0 Å². The van der Waals surface area contributed by atoms with Crippen LogP contribution in [-0.2, 0) is 4.79 Å². The molecule has 0 saturated heterocycles. The number of carboxylic acid groups (broad SMARTS) is 1. The number of hydrogen-bond donors (Lipinski definition) is 3. The molecule has 0 unspecified atom stereocenters. The molecule has 0 fully saturated rings. The summed E-state index contributed by atoms with van der Waals surface area (Å²) in [5, 5.41) is 21.8. The molecule has 1 amide bonds. The summed E-state index contributed by atoms with van der Waals surface area (Å²) in [6, 6.07) is 4.10. The number of benzene rings is 1. The number of phenols is 1. The Kier molecular flexibility index (Phi) is 19.6. The van der Waals surface area contributed by atoms with Crippen LogP contribution in [0.25, 0.3) is 0 Å². The molecule has 0 aliphatic rings. The molecule has 1 rings (SSSR count). The lowest BCUT2D eigenvalue weighted by Gasteiger charge is -2.29. The Labute approximate surface area is 251 Å². The van der Waals surface area contributed by atoms with Crippen LogP contribution in [0.4, 0.5) is 5.69 Å². The minimum absolute atomic E-state index is 0.136. The predicted octanol–water partition coefficient (Wildman–Crippen LogP) is 9.80. The zero-order chi connectivity index (χ0) is 30.2. The molecule has 0 spiro atoms. The summed E-state index contributed by atoms with van der Waals surface area (Å²) in [4.78, 5) is 24.4. The highest BCUT2D eigenvalue weighted by Crippen LogP contribution is 2.35. The summed E-state index contributed by atoms with van der Waals surface area (Å²) in [7, 11) is 0. The fourth-order valence-corrected chi connectivity index (χ4v) is 5.27. The van der Waals surface area contributed by atoms with Crippen LogP contribution < -0.4 is 5.32 Å². The number of hydrogen-bond acceptors (Lipinski definition) is 4. The van der Waals surface area contributed by atoms with Gasteiger partial charge in [-0.15, -0.1) is 11.8 Å². The summed E-state index contributed by atoms with van der Waals surface area (Å²) in [5.41, 5.74) is 0.139. The van der Waals surface area contributed by atoms with E-state index in [0.29, 0.717) is 18.5 Å². The van der Waals surface area contributed by atoms with Crippen molar-refractivity contribution in [1.29, 1.82) is 0 Å². The number of carbonyl (C=O) groups excluding carboxylic acids is 1. The van der Waals surface area contributed by atoms with Gasteiger partial charge in [0, 0.05) is 5.69 Å². The van der Waals surface area contributed by atoms with Crippen molar-refractivity contribution in [2.45, 2.75) is 89.7 Å². The van der Waals surface area contributed by atoms with Crippen LogP contribution in [0.15, 0.2) is 91.1 Å². The molecule has 41 heavy (non-hydrogen) atoms. The van der Waals surface area contributed by atoms with Crippen LogP contribution >= 0.6 is 11.8 Å². The Hall–Kier alpha value is -3.25. The third-order valence-electron chi connectivity index (χ3n) is 6.53. The number of thioether (sulfide) groups is 1. The summed E-state index contributed by atoms with van der Waals surface area (Å²) < 4.78 is -0.584. The van der Waals surface area contributed by atoms with Crippen LogP contribution in [0.1, 0.15) is 95.3 Å². The number of aromatic hydroxyl groups is 1. The van der Waals surface area contributed by atoms with Gasteiger partial charge in [-0.1, -0.05) is 93.7 Å². The van der Waals surface area contributed by atoms with Crippen molar-refractivity contribution in [1.82, 2.24) is 0 Å². The maximum Gasteiger partial charge on any atom is 0.339 e. The number of rotatable bonds is 21. The van der Waals surface area contributed by atoms with Crippen molar-refractivity contribution < 1.29 is 19.8 Å². The zero-order valence-electron chi connectivity index (χ0n) is 25.1. The van der Waals surface area contributed by atoms with Gasteiger partial charge in [0.05, 0.1) is 4.75 Å². The van der Waals surface area contributed by atoms with Crippen LogP contribution in [0.2, 0.25) is 0 Å². The Morgan fingerprint density at radius 2 is 1.27 bits per heavy atom. The quantitative estimate of drug-likeness (QED) is 0.0766. The second kappa shape index (κ2) is 22.4. The van der Waals surface area contributed by atoms with Crippen molar-refractivity contribution in [3.63, 3.8) is 0 Å². The number of anilines is 1. The molecular formula is C35H49NO4S. The molecule has 1 aromatic rings. The molecule has 3 N–H and O–H groups in total. The van der Waals surface area contributed by atoms with Gasteiger partial charge >= 0.3 is 5.97 Å². The van der Waals surface area contributed by atoms with Gasteiger partial charge in [-0.3, -0.25) is 4.79 Å². The Bertz CT molecular complexity index is 1080. The van der Waals surface area contributed by atoms with Crippen molar-refractivity contribution in [2.24, 2.45) is 0 Å². The van der Waals surface area contributed by atoms with E-state index < -0.39 is 10.7 Å². The molecule has 5 nitrogen and oxygen atoms in total. The Balaban J connectivity index is 2.28. The topological polar surface area (TPSA) is 86.6 Å². The van der Waals surface area contributed by atoms with Gasteiger partial charge in [-0.05, 0) is 88.2 Å². The second-order valence-electron chi connectivity index (χ2n) is 9.60. The lowest BCUT2D eigenvalue weighted by Crippen LogP contribution is -2.39. The summed E-state index contributed by atoms with van der Waals surface area (Å²) >= 11 is 1.66. The van der Waals surface area contributed by atoms with Crippen LogP contribution in [-0.4, -0.2) is 32.6 Å². The summed E-state index contributed by atoms with van der Waals surface area (Å²) in [6.07, 6.45) is 35.6. The first-order valence-electron chi connectivity index (χ1n) is 14.8. The van der Waals surface area contributed by atoms with E-state index in [1.807, 2.05) is 13.8 Å². The van der Waals surface area contributed by atoms with Gasteiger partial charge in [0.1, 0.15) is 11.3 Å². The molecule has 0 aliphatic heterocycles. The Morgan fingerprint density at radius 1 is 0.780 bits per heavy atom. The third-order valence-corrected chi connectivity index (χ3v) is 8.34. The largest absolute Gasteiger partial charge is 0.507 e. The standard InChI is InChI=1S/C35H49NO4S/c1-4-7-8-9-10-11-12-13-14-15-16-17-18-19-20-21-22-23-24-25-28-41-35(5-2,6-3)34(40)36-30-26-27-32(37)31(29-30)33(38)39/h7-8,10-11,13-14,16-17,19-20,22-23,26-27,29,37H,4-6,9,12,15,18,21,24-25,28H2,1-3H3,(H,36,40)(H,38,39)/b8-7-,11-10-,14-13-,17-16-,20-19-,23-22-. The highest BCUT2D eigenvalue weighted by atomic mass is 32.2. The lowest BCUT2D eigenvalue weighted by atomic mass is 10.0. The summed E-state index contributed by atoms with van der Waals surface area (Å²) in [5.74, 6) is -0.837. The lowest BCUT2D eigenvalue weighted by molar-refractivity contribution is -0.118. The monoisotopic (exact) mass is 579 g/mol. The van der Waals surface area contributed by atoms with E-state index >= 15 is 0 Å². The smallest absolute Gasteiger partial charge is 0.339 e. The number of allylic oxidation sites excluding steroid dienone is 12. The van der Waals surface area contributed by atoms with Gasteiger partial charge in [-0.2, -0.15) is 0 Å². The van der Waals surface area contributed by atoms with Crippen molar-refractivity contribution >= 4 is 29.3 Å². The average molecular weight is 580 g/mol. The minimum atomic E-state index is -1.24. The number of aromatic carboxylic acids is 1. The number of unbranched alkanes of at least 4 members (excludes halogenated alkanes) is 1. The molecule has 224 valence electrons. The molecule has 0 bridgehead atoms. The van der Waals surface area contributed by atoms with E-state index in [0.717, 1.165) is 57.1 Å². The first kappa shape index (κ1) is 35.8. The normalized spacial score (nSPS) is 12.8. The van der Waals surface area contributed by atoms with E-state index in [4.69, 9.17) is 0 Å². The second-order valence-corrected chi connectivity index (χ2v) is 11.1. The first-order valence-corrected chi connectivity index (χ1v) is 15.8. The van der Waals surface area contributed by atoms with E-state index in [-0.39, 0.29) is 17.2 Å². The Morgan fingerprint density at radius 3 is 1.73 bits per heavy atom. The molecular weight excluding hydrogens is 530 g/mol. The molecule has 0 radical (unpaired) electrons. The van der Waals surface area contributed by atoms with Gasteiger partial charge in [-0.25, -0.2) is 4.79 Å². The van der Waals surface area contributed by atoms with Crippen molar-refractivity contribution in [3.8, 4) is 5.75 Å². The van der Waals surface area contributed by atoms with Crippen LogP contribution in [0, 0.1) is 0 Å². The SMILES string of the molecule is CC/C=C\C/C=C\C/C=C\C/C=C\C/C=C\C/C=C\CCCSC(CC)(CC)C(=O)Nc1ccc(O)c(C(=O)O)c1. The van der Waals surface area contributed by atoms with Crippen molar-refractivity contribution in [3.05, 3.63) is 96.7 Å². The third kappa shape index (κ3) is 15.4. The molecule has 6 heteroatoms. The molecule has 0 aliphatic carbocycles. The van der Waals surface area contributed by atoms with E-state index in [1.165, 1.54) is 18.2 Å². The average Bonchev–Trinajstić information content (AvgIpc) is 2.97. The van der Waals surface area contributed by atoms with Crippen LogP contribution in [0.5, 0.6) is 5.75 Å². The van der Waals surface area contributed by atoms with E-state index in [9.17, 15) is 19.8 Å². The molecule has 0 heterocycles. The number of carbonyl (C=O) groups is 2. The molecule has 0 saturated carbocycles. The van der Waals surface area contributed by atoms with Crippen molar-refractivity contribution in [2.75, 3.05) is 11.1 Å². The fourth-order valence-electron chi connectivity index (χ4n) is 3.98. The fraction of sp³-hybridized carbons (Fsp3) is 0.429. The van der Waals surface area contributed by atoms with E-state index in [1.54, 1.807) is 11.8 Å². The highest BCUT2D eigenvalue weighted by Gasteiger charge is 2.35. The maximum atomic E-state index is 13.1. The molecule has 0 atom stereocenters. The predicted molar refractivity (Wildman–Crippen MR) is 177 cm³/mol. The summed E-state index contributed by atoms with van der Waals surface area (Å²) in [6.45, 7) is 6.15. The number of amides is 1. The van der Waals surface area contributed by atoms with Gasteiger partial charge in [0.2, 0.25) is 5.91 Å². The van der Waals surface area contributed by atoms with Crippen LogP contribution in [0.3, 0.4) is 0 Å². The minimum Gasteiger partial charge on any atom is -0.507 e. The molecule has 1 aromatic carbocycles. The van der Waals surface area contributed by atoms with Gasteiger partial charge in [0.15, 0.2) is 0 Å². The van der Waals surface area contributed by atoms with Gasteiger partial charge < -0.3 is 15.5 Å². The highest BCUT2D eigenvalue weighted by molar-refractivity contribution is 8.01. The maximum absolute atomic E-state index is 13.1. The first-order chi connectivity index (χ1) is 19.9. The molecule has 0 aromatic heterocycles.